The number of hydrogen-bond donors (Lipinski definition) is 1. The molecule has 3 aromatic rings. The molecule has 0 saturated carbocycles. The van der Waals surface area contributed by atoms with Crippen LogP contribution in [0, 0.1) is 0 Å². The quantitative estimate of drug-likeness (QED) is 0.708. The minimum atomic E-state index is 0.178. The minimum Gasteiger partial charge on any atom is -0.322 e. The van der Waals surface area contributed by atoms with Gasteiger partial charge >= 0.3 is 0 Å². The first-order valence-electron chi connectivity index (χ1n) is 9.76. The topological polar surface area (TPSA) is 37.6 Å². The number of amides is 1. The van der Waals surface area contributed by atoms with Gasteiger partial charge in [0, 0.05) is 16.7 Å². The number of nitrogens with zero attached hydrogens (tertiary/aromatic N) is 2. The molecule has 4 nitrogen and oxygen atoms in total. The first kappa shape index (κ1) is 19.4. The van der Waals surface area contributed by atoms with Crippen molar-refractivity contribution in [2.75, 3.05) is 25.0 Å². The Labute approximate surface area is 174 Å². The molecule has 0 spiro atoms. The number of quaternary nitrogens is 1. The maximum Gasteiger partial charge on any atom is 0.282 e. The lowest BCUT2D eigenvalue weighted by Crippen LogP contribution is -3.10. The zero-order chi connectivity index (χ0) is 19.7. The minimum absolute atomic E-state index is 0.178. The van der Waals surface area contributed by atoms with E-state index in [9.17, 15) is 4.79 Å². The Kier molecular flexibility index (Phi) is 5.71. The van der Waals surface area contributed by atoms with Gasteiger partial charge in [0.15, 0.2) is 11.6 Å². The van der Waals surface area contributed by atoms with Crippen LogP contribution in [0.4, 0.5) is 5.69 Å². The van der Waals surface area contributed by atoms with Crippen molar-refractivity contribution < 1.29 is 9.69 Å². The predicted octanol–water partition coefficient (Wildman–Crippen LogP) is 3.79. The molecule has 2 aromatic carbocycles. The first-order chi connectivity index (χ1) is 13.5. The number of anilines is 1. The predicted molar refractivity (Wildman–Crippen MR) is 119 cm³/mol. The summed E-state index contributed by atoms with van der Waals surface area (Å²) in [6.45, 7) is 5.65. The van der Waals surface area contributed by atoms with Gasteiger partial charge in [-0.25, -0.2) is 4.98 Å². The highest BCUT2D eigenvalue weighted by Gasteiger charge is 2.28. The second kappa shape index (κ2) is 8.23. The van der Waals surface area contributed by atoms with Crippen molar-refractivity contribution in [2.45, 2.75) is 36.5 Å². The van der Waals surface area contributed by atoms with E-state index in [4.69, 9.17) is 4.98 Å². The summed E-state index contributed by atoms with van der Waals surface area (Å²) >= 11 is 3.60. The average molecular weight is 413 g/mol. The smallest absolute Gasteiger partial charge is 0.282 e. The van der Waals surface area contributed by atoms with Crippen LogP contribution in [0.3, 0.4) is 0 Å². The van der Waals surface area contributed by atoms with Gasteiger partial charge in [-0.05, 0) is 37.6 Å². The maximum absolute atomic E-state index is 13.2. The van der Waals surface area contributed by atoms with E-state index >= 15 is 0 Å². The standard InChI is InChI=1S/C22H25N3OS2/c1-15-12-13-25(18-9-5-7-11-20(18)27-15)21(26)14-24(3)16(2)22-23-17-8-4-6-10-19(17)28-22/h4-11,15-16H,12-14H2,1-3H3/p+1/t15-,16+/m1/s1. The van der Waals surface area contributed by atoms with Gasteiger partial charge in [-0.3, -0.25) is 4.79 Å². The molecular formula is C22H26N3OS2+. The number of fused-ring (bicyclic) bond motifs is 2. The molecule has 1 N–H and O–H groups in total. The molecule has 0 radical (unpaired) electrons. The van der Waals surface area contributed by atoms with Crippen LogP contribution in [-0.2, 0) is 4.79 Å². The molecule has 1 unspecified atom stereocenters. The highest BCUT2D eigenvalue weighted by atomic mass is 32.2. The largest absolute Gasteiger partial charge is 0.322 e. The fraction of sp³-hybridized carbons (Fsp3) is 0.364. The summed E-state index contributed by atoms with van der Waals surface area (Å²) in [5.74, 6) is 0.188. The van der Waals surface area contributed by atoms with Crippen molar-refractivity contribution in [3.05, 3.63) is 53.5 Å². The summed E-state index contributed by atoms with van der Waals surface area (Å²) in [5.41, 5.74) is 2.10. The Balaban J connectivity index is 1.51. The van der Waals surface area contributed by atoms with Gasteiger partial charge in [0.1, 0.15) is 6.04 Å². The van der Waals surface area contributed by atoms with E-state index in [-0.39, 0.29) is 11.9 Å². The molecule has 0 bridgehead atoms. The molecule has 3 atom stereocenters. The SMILES string of the molecule is C[C@@H]1CCN(C(=O)C[NH+](C)[C@@H](C)c2nc3ccccc3s2)c2ccccc2S1. The Morgan fingerprint density at radius 3 is 2.82 bits per heavy atom. The fourth-order valence-corrected chi connectivity index (χ4v) is 5.74. The molecule has 0 aliphatic carbocycles. The zero-order valence-electron chi connectivity index (χ0n) is 16.5. The summed E-state index contributed by atoms with van der Waals surface area (Å²) in [6.07, 6.45) is 1.01. The summed E-state index contributed by atoms with van der Waals surface area (Å²) in [6, 6.07) is 16.7. The monoisotopic (exact) mass is 412 g/mol. The number of thioether (sulfide) groups is 1. The third-order valence-corrected chi connectivity index (χ3v) is 7.85. The number of rotatable bonds is 4. The Morgan fingerprint density at radius 2 is 2.00 bits per heavy atom. The van der Waals surface area contributed by atoms with Crippen molar-refractivity contribution in [1.29, 1.82) is 0 Å². The van der Waals surface area contributed by atoms with Crippen LogP contribution in [-0.4, -0.2) is 36.3 Å². The van der Waals surface area contributed by atoms with Crippen LogP contribution in [0.1, 0.15) is 31.3 Å². The zero-order valence-corrected chi connectivity index (χ0v) is 18.1. The van der Waals surface area contributed by atoms with E-state index in [0.29, 0.717) is 11.8 Å². The summed E-state index contributed by atoms with van der Waals surface area (Å²) in [4.78, 5) is 22.4. The summed E-state index contributed by atoms with van der Waals surface area (Å²) in [7, 11) is 2.09. The van der Waals surface area contributed by atoms with E-state index < -0.39 is 0 Å². The normalized spacial score (nSPS) is 19.1. The number of carbonyl (C=O) groups excluding carboxylic acids is 1. The van der Waals surface area contributed by atoms with Crippen molar-refractivity contribution in [2.24, 2.45) is 0 Å². The van der Waals surface area contributed by atoms with Crippen LogP contribution in [0.15, 0.2) is 53.4 Å². The van der Waals surface area contributed by atoms with Crippen LogP contribution in [0.2, 0.25) is 0 Å². The Morgan fingerprint density at radius 1 is 1.25 bits per heavy atom. The lowest BCUT2D eigenvalue weighted by molar-refractivity contribution is -0.902. The average Bonchev–Trinajstić information content (AvgIpc) is 3.04. The second-order valence-corrected chi connectivity index (χ2v) is 10.0. The molecule has 0 saturated heterocycles. The first-order valence-corrected chi connectivity index (χ1v) is 11.5. The van der Waals surface area contributed by atoms with E-state index in [1.54, 1.807) is 11.3 Å². The molecule has 4 rings (SSSR count). The molecule has 1 amide bonds. The molecule has 28 heavy (non-hydrogen) atoms. The molecule has 1 aromatic heterocycles. The van der Waals surface area contributed by atoms with Gasteiger partial charge in [-0.15, -0.1) is 23.1 Å². The molecule has 2 heterocycles. The van der Waals surface area contributed by atoms with Gasteiger partial charge in [0.05, 0.1) is 23.0 Å². The third kappa shape index (κ3) is 3.95. The van der Waals surface area contributed by atoms with E-state index in [0.717, 1.165) is 29.2 Å². The highest BCUT2D eigenvalue weighted by molar-refractivity contribution is 8.00. The van der Waals surface area contributed by atoms with Gasteiger partial charge < -0.3 is 9.80 Å². The number of benzene rings is 2. The molecule has 146 valence electrons. The number of thiazole rings is 1. The number of carbonyl (C=O) groups is 1. The Bertz CT molecular complexity index is 954. The Hall–Kier alpha value is -1.89. The van der Waals surface area contributed by atoms with Gasteiger partial charge in [-0.2, -0.15) is 0 Å². The number of para-hydroxylation sites is 2. The van der Waals surface area contributed by atoms with Crippen molar-refractivity contribution in [1.82, 2.24) is 4.98 Å². The van der Waals surface area contributed by atoms with E-state index in [1.165, 1.54) is 14.5 Å². The van der Waals surface area contributed by atoms with E-state index in [1.807, 2.05) is 34.9 Å². The van der Waals surface area contributed by atoms with Gasteiger partial charge in [0.2, 0.25) is 0 Å². The number of nitrogens with one attached hydrogen (secondary N) is 1. The van der Waals surface area contributed by atoms with Crippen LogP contribution in [0.25, 0.3) is 10.2 Å². The molecule has 6 heteroatoms. The van der Waals surface area contributed by atoms with E-state index in [2.05, 4.69) is 51.2 Å². The van der Waals surface area contributed by atoms with Crippen LogP contribution < -0.4 is 9.80 Å². The lowest BCUT2D eigenvalue weighted by Gasteiger charge is -2.26. The van der Waals surface area contributed by atoms with Crippen LogP contribution >= 0.6 is 23.1 Å². The third-order valence-electron chi connectivity index (χ3n) is 5.39. The lowest BCUT2D eigenvalue weighted by atomic mass is 10.2. The molecule has 1 aliphatic rings. The number of aromatic nitrogens is 1. The van der Waals surface area contributed by atoms with Crippen LogP contribution in [0.5, 0.6) is 0 Å². The summed E-state index contributed by atoms with van der Waals surface area (Å²) in [5, 5.41) is 1.61. The van der Waals surface area contributed by atoms with Crippen molar-refractivity contribution in [3.8, 4) is 0 Å². The summed E-state index contributed by atoms with van der Waals surface area (Å²) < 4.78 is 1.20. The molecule has 0 fully saturated rings. The molecular weight excluding hydrogens is 386 g/mol. The highest BCUT2D eigenvalue weighted by Crippen LogP contribution is 2.37. The van der Waals surface area contributed by atoms with Gasteiger partial charge in [-0.1, -0.05) is 31.2 Å². The number of hydrogen-bond acceptors (Lipinski definition) is 4. The van der Waals surface area contributed by atoms with Gasteiger partial charge in [0.25, 0.3) is 5.91 Å². The fourth-order valence-electron chi connectivity index (χ4n) is 3.52. The second-order valence-electron chi connectivity index (χ2n) is 7.49. The maximum atomic E-state index is 13.2. The number of likely N-dealkylation sites (N-methyl/N-ethyl adjacent to an activating group) is 1. The molecule has 1 aliphatic heterocycles. The van der Waals surface area contributed by atoms with Crippen molar-refractivity contribution >= 4 is 44.9 Å². The van der Waals surface area contributed by atoms with Crippen molar-refractivity contribution in [3.63, 3.8) is 0 Å².